The van der Waals surface area contributed by atoms with Crippen LogP contribution >= 0.6 is 0 Å². The standard InChI is InChI=1S/C22H31NO4/c1-16(2)23(3)14-19(24)15-27-22(17-6-10-20(25-4)11-7-17)18-8-12-21(26-5)13-9-18/h6-13,16,19,22,24H,14-15H2,1-5H3/p+1/t19-/m0/s1. The molecule has 148 valence electrons. The minimum Gasteiger partial charge on any atom is -0.497 e. The fraction of sp³-hybridized carbons (Fsp3) is 0.455. The highest BCUT2D eigenvalue weighted by molar-refractivity contribution is 5.36. The molecule has 0 amide bonds. The maximum atomic E-state index is 10.4. The van der Waals surface area contributed by atoms with Gasteiger partial charge in [-0.05, 0) is 49.2 Å². The summed E-state index contributed by atoms with van der Waals surface area (Å²) in [6.07, 6.45) is -0.790. The number of methoxy groups -OCH3 is 2. The van der Waals surface area contributed by atoms with Crippen LogP contribution in [-0.2, 0) is 4.74 Å². The molecule has 27 heavy (non-hydrogen) atoms. The van der Waals surface area contributed by atoms with E-state index in [1.54, 1.807) is 14.2 Å². The summed E-state index contributed by atoms with van der Waals surface area (Å²) in [5.41, 5.74) is 2.02. The van der Waals surface area contributed by atoms with E-state index < -0.39 is 6.10 Å². The van der Waals surface area contributed by atoms with Crippen LogP contribution < -0.4 is 14.4 Å². The number of aliphatic hydroxyl groups is 1. The van der Waals surface area contributed by atoms with Gasteiger partial charge >= 0.3 is 0 Å². The van der Waals surface area contributed by atoms with E-state index in [0.29, 0.717) is 12.6 Å². The molecular formula is C22H32NO4+. The van der Waals surface area contributed by atoms with E-state index in [9.17, 15) is 5.11 Å². The van der Waals surface area contributed by atoms with E-state index in [1.807, 2.05) is 48.5 Å². The van der Waals surface area contributed by atoms with Gasteiger partial charge in [-0.15, -0.1) is 0 Å². The van der Waals surface area contributed by atoms with E-state index in [2.05, 4.69) is 20.9 Å². The van der Waals surface area contributed by atoms with Crippen molar-refractivity contribution in [1.82, 2.24) is 0 Å². The molecule has 2 aromatic rings. The number of benzene rings is 2. The lowest BCUT2D eigenvalue weighted by atomic mass is 10.0. The summed E-state index contributed by atoms with van der Waals surface area (Å²) >= 11 is 0. The number of hydrogen-bond acceptors (Lipinski definition) is 4. The fourth-order valence-corrected chi connectivity index (χ4v) is 2.82. The number of rotatable bonds is 10. The molecule has 0 saturated heterocycles. The summed E-state index contributed by atoms with van der Waals surface area (Å²) < 4.78 is 16.7. The summed E-state index contributed by atoms with van der Waals surface area (Å²) in [7, 11) is 5.38. The minimum absolute atomic E-state index is 0.268. The summed E-state index contributed by atoms with van der Waals surface area (Å²) in [6.45, 7) is 5.20. The molecule has 0 bridgehead atoms. The average molecular weight is 375 g/mol. The Bertz CT molecular complexity index is 622. The first-order valence-corrected chi connectivity index (χ1v) is 9.34. The van der Waals surface area contributed by atoms with Crippen LogP contribution in [0.2, 0.25) is 0 Å². The van der Waals surface area contributed by atoms with Gasteiger partial charge in [-0.3, -0.25) is 0 Å². The highest BCUT2D eigenvalue weighted by Gasteiger charge is 2.20. The lowest BCUT2D eigenvalue weighted by Crippen LogP contribution is -3.13. The molecule has 2 aromatic carbocycles. The number of ether oxygens (including phenoxy) is 3. The van der Waals surface area contributed by atoms with Gasteiger partial charge in [0.2, 0.25) is 0 Å². The van der Waals surface area contributed by atoms with Crippen LogP contribution in [0.1, 0.15) is 31.1 Å². The lowest BCUT2D eigenvalue weighted by Gasteiger charge is -2.24. The summed E-state index contributed by atoms with van der Waals surface area (Å²) in [6, 6.07) is 16.1. The molecule has 0 aromatic heterocycles. The molecule has 0 heterocycles. The molecule has 0 aliphatic heterocycles. The van der Waals surface area contributed by atoms with Crippen molar-refractivity contribution in [2.75, 3.05) is 34.4 Å². The molecule has 5 heteroatoms. The number of aliphatic hydroxyl groups excluding tert-OH is 1. The van der Waals surface area contributed by atoms with Crippen LogP contribution in [0.5, 0.6) is 11.5 Å². The Morgan fingerprint density at radius 3 is 1.67 bits per heavy atom. The van der Waals surface area contributed by atoms with Gasteiger partial charge < -0.3 is 24.2 Å². The Hall–Kier alpha value is -2.08. The second-order valence-electron chi connectivity index (χ2n) is 7.12. The maximum Gasteiger partial charge on any atom is 0.126 e. The number of likely N-dealkylation sites (N-methyl/N-ethyl adjacent to an activating group) is 1. The van der Waals surface area contributed by atoms with E-state index in [-0.39, 0.29) is 12.7 Å². The zero-order chi connectivity index (χ0) is 19.8. The molecule has 2 atom stereocenters. The fourth-order valence-electron chi connectivity index (χ4n) is 2.82. The molecule has 5 nitrogen and oxygen atoms in total. The van der Waals surface area contributed by atoms with Crippen molar-refractivity contribution in [2.45, 2.75) is 32.1 Å². The summed E-state index contributed by atoms with van der Waals surface area (Å²) in [4.78, 5) is 1.27. The molecule has 1 unspecified atom stereocenters. The largest absolute Gasteiger partial charge is 0.497 e. The highest BCUT2D eigenvalue weighted by Crippen LogP contribution is 2.29. The molecule has 0 aliphatic rings. The topological polar surface area (TPSA) is 52.4 Å². The van der Waals surface area contributed by atoms with Gasteiger partial charge in [-0.1, -0.05) is 24.3 Å². The lowest BCUT2D eigenvalue weighted by molar-refractivity contribution is -0.904. The van der Waals surface area contributed by atoms with Crippen LogP contribution in [0.4, 0.5) is 0 Å². The van der Waals surface area contributed by atoms with Gasteiger partial charge in [0, 0.05) is 0 Å². The van der Waals surface area contributed by atoms with Gasteiger partial charge in [-0.2, -0.15) is 0 Å². The number of quaternary nitrogens is 1. The molecule has 0 aliphatic carbocycles. The molecular weight excluding hydrogens is 342 g/mol. The Morgan fingerprint density at radius 1 is 0.852 bits per heavy atom. The van der Waals surface area contributed by atoms with Crippen LogP contribution in [-0.4, -0.2) is 51.7 Å². The first kappa shape index (κ1) is 21.2. The summed E-state index contributed by atoms with van der Waals surface area (Å²) in [5, 5.41) is 10.4. The summed E-state index contributed by atoms with van der Waals surface area (Å²) in [5.74, 6) is 1.60. The van der Waals surface area contributed by atoms with Crippen LogP contribution in [0, 0.1) is 0 Å². The van der Waals surface area contributed by atoms with Crippen molar-refractivity contribution in [2.24, 2.45) is 0 Å². The molecule has 2 rings (SSSR count). The van der Waals surface area contributed by atoms with Crippen molar-refractivity contribution in [3.63, 3.8) is 0 Å². The number of hydrogen-bond donors (Lipinski definition) is 2. The van der Waals surface area contributed by atoms with Gasteiger partial charge in [0.15, 0.2) is 0 Å². The van der Waals surface area contributed by atoms with E-state index in [0.717, 1.165) is 22.6 Å². The van der Waals surface area contributed by atoms with Gasteiger partial charge in [-0.25, -0.2) is 0 Å². The molecule has 0 saturated carbocycles. The van der Waals surface area contributed by atoms with Gasteiger partial charge in [0.05, 0.1) is 33.9 Å². The van der Waals surface area contributed by atoms with Gasteiger partial charge in [0.25, 0.3) is 0 Å². The highest BCUT2D eigenvalue weighted by atomic mass is 16.5. The SMILES string of the molecule is COc1ccc(C(OC[C@@H](O)C[NH+](C)C(C)C)c2ccc(OC)cc2)cc1. The van der Waals surface area contributed by atoms with Crippen molar-refractivity contribution >= 4 is 0 Å². The third kappa shape index (κ3) is 6.24. The quantitative estimate of drug-likeness (QED) is 0.669. The second kappa shape index (κ2) is 10.3. The predicted octanol–water partition coefficient (Wildman–Crippen LogP) is 2.09. The maximum absolute atomic E-state index is 10.4. The van der Waals surface area contributed by atoms with Crippen LogP contribution in [0.15, 0.2) is 48.5 Å². The van der Waals surface area contributed by atoms with Crippen molar-refractivity contribution in [1.29, 1.82) is 0 Å². The normalized spacial score (nSPS) is 13.6. The van der Waals surface area contributed by atoms with Crippen molar-refractivity contribution in [3.8, 4) is 11.5 Å². The Labute approximate surface area is 162 Å². The first-order valence-electron chi connectivity index (χ1n) is 9.34. The van der Waals surface area contributed by atoms with E-state index >= 15 is 0 Å². The average Bonchev–Trinajstić information content (AvgIpc) is 2.69. The first-order chi connectivity index (χ1) is 12.9. The zero-order valence-electron chi connectivity index (χ0n) is 16.9. The number of nitrogens with one attached hydrogen (secondary N) is 1. The van der Waals surface area contributed by atoms with E-state index in [1.165, 1.54) is 4.90 Å². The Morgan fingerprint density at radius 2 is 1.30 bits per heavy atom. The third-order valence-corrected chi connectivity index (χ3v) is 4.84. The second-order valence-corrected chi connectivity index (χ2v) is 7.12. The Kier molecular flexibility index (Phi) is 8.10. The Balaban J connectivity index is 2.15. The molecule has 0 radical (unpaired) electrons. The predicted molar refractivity (Wildman–Crippen MR) is 107 cm³/mol. The molecule has 0 fully saturated rings. The van der Waals surface area contributed by atoms with Crippen LogP contribution in [0.3, 0.4) is 0 Å². The van der Waals surface area contributed by atoms with Gasteiger partial charge in [0.1, 0.15) is 30.3 Å². The zero-order valence-corrected chi connectivity index (χ0v) is 16.9. The van der Waals surface area contributed by atoms with Crippen LogP contribution in [0.25, 0.3) is 0 Å². The van der Waals surface area contributed by atoms with E-state index in [4.69, 9.17) is 14.2 Å². The molecule has 0 spiro atoms. The molecule has 2 N–H and O–H groups in total. The third-order valence-electron chi connectivity index (χ3n) is 4.84. The van der Waals surface area contributed by atoms with Crippen molar-refractivity contribution in [3.05, 3.63) is 59.7 Å². The van der Waals surface area contributed by atoms with Crippen molar-refractivity contribution < 1.29 is 24.2 Å². The smallest absolute Gasteiger partial charge is 0.126 e. The minimum atomic E-state index is -0.522. The monoisotopic (exact) mass is 374 g/mol.